The van der Waals surface area contributed by atoms with E-state index in [1.165, 1.54) is 0 Å². The smallest absolute Gasteiger partial charge is 0.269 e. The van der Waals surface area contributed by atoms with Crippen molar-refractivity contribution in [2.24, 2.45) is 0 Å². The maximum atomic E-state index is 12.0. The van der Waals surface area contributed by atoms with Crippen molar-refractivity contribution in [2.75, 3.05) is 13.1 Å². The second-order valence-corrected chi connectivity index (χ2v) is 5.42. The highest BCUT2D eigenvalue weighted by Gasteiger charge is 2.21. The van der Waals surface area contributed by atoms with Gasteiger partial charge >= 0.3 is 0 Å². The van der Waals surface area contributed by atoms with E-state index in [1.54, 1.807) is 0 Å². The molecule has 2 rings (SSSR count). The van der Waals surface area contributed by atoms with Gasteiger partial charge in [0.05, 0.1) is 9.50 Å². The second-order valence-electron chi connectivity index (χ2n) is 4.25. The molecule has 1 fully saturated rings. The fourth-order valence-electron chi connectivity index (χ4n) is 1.95. The van der Waals surface area contributed by atoms with E-state index in [2.05, 4.69) is 31.5 Å². The first-order valence-electron chi connectivity index (χ1n) is 5.64. The Bertz CT molecular complexity index is 427. The third kappa shape index (κ3) is 2.84. The largest absolute Gasteiger partial charge is 0.352 e. The Labute approximate surface area is 114 Å². The summed E-state index contributed by atoms with van der Waals surface area (Å²) in [7, 11) is 0. The number of aromatic amines is 1. The van der Waals surface area contributed by atoms with Crippen LogP contribution < -0.4 is 10.6 Å². The molecule has 3 N–H and O–H groups in total. The number of amides is 1. The van der Waals surface area contributed by atoms with E-state index in [-0.39, 0.29) is 11.9 Å². The van der Waals surface area contributed by atoms with Crippen molar-refractivity contribution in [2.45, 2.75) is 25.8 Å². The zero-order valence-electron chi connectivity index (χ0n) is 9.57. The summed E-state index contributed by atoms with van der Waals surface area (Å²) in [5, 5.41) is 6.71. The molecule has 1 saturated heterocycles. The molecule has 0 spiro atoms. The minimum atomic E-state index is -0.129. The molecule has 1 aromatic heterocycles. The van der Waals surface area contributed by atoms with Crippen molar-refractivity contribution >= 4 is 33.4 Å². The quantitative estimate of drug-likeness (QED) is 0.782. The lowest BCUT2D eigenvalue weighted by Crippen LogP contribution is -2.42. The van der Waals surface area contributed by atoms with Crippen LogP contribution in [0.4, 0.5) is 0 Å². The molecule has 0 aliphatic carbocycles. The van der Waals surface area contributed by atoms with E-state index >= 15 is 0 Å². The van der Waals surface area contributed by atoms with Crippen molar-refractivity contribution in [1.29, 1.82) is 0 Å². The molecule has 1 aliphatic heterocycles. The topological polar surface area (TPSA) is 56.9 Å². The summed E-state index contributed by atoms with van der Waals surface area (Å²) in [6, 6.07) is 0.238. The molecule has 6 heteroatoms. The summed E-state index contributed by atoms with van der Waals surface area (Å²) in [4.78, 5) is 15.0. The number of aryl methyl sites for hydroxylation is 1. The number of halogens is 2. The minimum absolute atomic E-state index is 0.129. The summed E-state index contributed by atoms with van der Waals surface area (Å²) < 4.78 is 0.759. The molecule has 1 amide bonds. The van der Waals surface area contributed by atoms with Gasteiger partial charge in [0, 0.05) is 11.7 Å². The van der Waals surface area contributed by atoms with Crippen LogP contribution >= 0.6 is 27.5 Å². The monoisotopic (exact) mass is 319 g/mol. The molecular formula is C11H15BrClN3O. The number of rotatable bonds is 2. The Kier molecular flexibility index (Phi) is 4.12. The zero-order valence-corrected chi connectivity index (χ0v) is 11.9. The van der Waals surface area contributed by atoms with Crippen molar-refractivity contribution in [3.8, 4) is 0 Å². The predicted octanol–water partition coefficient (Wildman–Crippen LogP) is 2.22. The van der Waals surface area contributed by atoms with Crippen molar-refractivity contribution in [3.63, 3.8) is 0 Å². The normalized spacial score (nSPS) is 17.1. The van der Waals surface area contributed by atoms with Crippen LogP contribution in [0.1, 0.15) is 29.0 Å². The SMILES string of the molecule is Cc1[nH]c(C(=O)NC2CCNCC2)c(Cl)c1Br. The molecule has 17 heavy (non-hydrogen) atoms. The molecule has 2 heterocycles. The van der Waals surface area contributed by atoms with E-state index in [0.29, 0.717) is 10.7 Å². The zero-order chi connectivity index (χ0) is 12.4. The van der Waals surface area contributed by atoms with Gasteiger partial charge in [0.15, 0.2) is 0 Å². The molecule has 0 radical (unpaired) electrons. The Morgan fingerprint density at radius 2 is 2.12 bits per heavy atom. The van der Waals surface area contributed by atoms with Gasteiger partial charge in [-0.15, -0.1) is 0 Å². The van der Waals surface area contributed by atoms with Gasteiger partial charge in [-0.05, 0) is 48.8 Å². The number of piperidine rings is 1. The van der Waals surface area contributed by atoms with Gasteiger partial charge in [-0.3, -0.25) is 4.79 Å². The van der Waals surface area contributed by atoms with Crippen LogP contribution in [0, 0.1) is 6.92 Å². The minimum Gasteiger partial charge on any atom is -0.352 e. The first-order valence-corrected chi connectivity index (χ1v) is 6.82. The molecule has 4 nitrogen and oxygen atoms in total. The third-order valence-electron chi connectivity index (χ3n) is 2.96. The summed E-state index contributed by atoms with van der Waals surface area (Å²) in [5.74, 6) is -0.129. The molecule has 1 aromatic rings. The van der Waals surface area contributed by atoms with Gasteiger partial charge in [-0.1, -0.05) is 11.6 Å². The van der Waals surface area contributed by atoms with Crippen molar-refractivity contribution < 1.29 is 4.79 Å². The first kappa shape index (κ1) is 12.9. The lowest BCUT2D eigenvalue weighted by molar-refractivity contribution is 0.0925. The van der Waals surface area contributed by atoms with E-state index in [0.717, 1.165) is 36.1 Å². The average Bonchev–Trinajstić information content (AvgIpc) is 2.58. The lowest BCUT2D eigenvalue weighted by atomic mass is 10.1. The second kappa shape index (κ2) is 5.42. The first-order chi connectivity index (χ1) is 8.09. The number of H-pyrrole nitrogens is 1. The number of hydrogen-bond acceptors (Lipinski definition) is 2. The summed E-state index contributed by atoms with van der Waals surface area (Å²) in [6.45, 7) is 3.77. The fraction of sp³-hybridized carbons (Fsp3) is 0.545. The van der Waals surface area contributed by atoms with Gasteiger partial charge in [0.2, 0.25) is 0 Å². The van der Waals surface area contributed by atoms with E-state index in [4.69, 9.17) is 11.6 Å². The maximum absolute atomic E-state index is 12.0. The van der Waals surface area contributed by atoms with Crippen LogP contribution in [0.5, 0.6) is 0 Å². The predicted molar refractivity (Wildman–Crippen MR) is 71.6 cm³/mol. The number of carbonyl (C=O) groups excluding carboxylic acids is 1. The molecule has 94 valence electrons. The standard InChI is InChI=1S/C11H15BrClN3O/c1-6-8(12)9(13)10(15-6)11(17)16-7-2-4-14-5-3-7/h7,14-15H,2-5H2,1H3,(H,16,17). The van der Waals surface area contributed by atoms with E-state index < -0.39 is 0 Å². The van der Waals surface area contributed by atoms with Crippen molar-refractivity contribution in [3.05, 3.63) is 20.9 Å². The number of nitrogens with one attached hydrogen (secondary N) is 3. The Hall–Kier alpha value is -0.520. The number of carbonyl (C=O) groups is 1. The van der Waals surface area contributed by atoms with Crippen LogP contribution in [0.2, 0.25) is 5.02 Å². The van der Waals surface area contributed by atoms with Gasteiger partial charge in [0.25, 0.3) is 5.91 Å². The van der Waals surface area contributed by atoms with Crippen LogP contribution in [0.3, 0.4) is 0 Å². The van der Waals surface area contributed by atoms with Crippen molar-refractivity contribution in [1.82, 2.24) is 15.6 Å². The third-order valence-corrected chi connectivity index (χ3v) is 4.55. The Morgan fingerprint density at radius 3 is 2.65 bits per heavy atom. The van der Waals surface area contributed by atoms with Crippen LogP contribution in [-0.2, 0) is 0 Å². The Morgan fingerprint density at radius 1 is 1.47 bits per heavy atom. The average molecular weight is 321 g/mol. The molecule has 1 aliphatic rings. The van der Waals surface area contributed by atoms with Crippen LogP contribution in [-0.4, -0.2) is 30.0 Å². The summed E-state index contributed by atoms with van der Waals surface area (Å²) >= 11 is 9.42. The maximum Gasteiger partial charge on any atom is 0.269 e. The molecule has 0 saturated carbocycles. The molecule has 0 bridgehead atoms. The number of hydrogen-bond donors (Lipinski definition) is 3. The highest BCUT2D eigenvalue weighted by Crippen LogP contribution is 2.29. The molecule has 0 aromatic carbocycles. The highest BCUT2D eigenvalue weighted by molar-refractivity contribution is 9.10. The van der Waals surface area contributed by atoms with E-state index in [1.807, 2.05) is 6.92 Å². The molecular weight excluding hydrogens is 305 g/mol. The Balaban J connectivity index is 2.06. The van der Waals surface area contributed by atoms with Crippen LogP contribution in [0.25, 0.3) is 0 Å². The van der Waals surface area contributed by atoms with Gasteiger partial charge in [-0.25, -0.2) is 0 Å². The molecule has 0 unspecified atom stereocenters. The summed E-state index contributed by atoms with van der Waals surface area (Å²) in [6.07, 6.45) is 1.93. The fourth-order valence-corrected chi connectivity index (χ4v) is 2.52. The van der Waals surface area contributed by atoms with Crippen LogP contribution in [0.15, 0.2) is 4.47 Å². The lowest BCUT2D eigenvalue weighted by Gasteiger charge is -2.23. The number of aromatic nitrogens is 1. The highest BCUT2D eigenvalue weighted by atomic mass is 79.9. The van der Waals surface area contributed by atoms with Gasteiger partial charge in [-0.2, -0.15) is 0 Å². The summed E-state index contributed by atoms with van der Waals surface area (Å²) in [5.41, 5.74) is 1.31. The van der Waals surface area contributed by atoms with E-state index in [9.17, 15) is 4.79 Å². The van der Waals surface area contributed by atoms with Gasteiger partial charge < -0.3 is 15.6 Å². The van der Waals surface area contributed by atoms with Gasteiger partial charge in [0.1, 0.15) is 5.69 Å². The molecule has 0 atom stereocenters.